The Bertz CT molecular complexity index is 548. The van der Waals surface area contributed by atoms with E-state index in [9.17, 15) is 0 Å². The largest absolute Gasteiger partial charge is 0.371 e. The normalized spacial score (nSPS) is 16.1. The number of benzene rings is 1. The Labute approximate surface area is 131 Å². The van der Waals surface area contributed by atoms with Crippen LogP contribution in [0.15, 0.2) is 48.8 Å². The van der Waals surface area contributed by atoms with Gasteiger partial charge in [-0.2, -0.15) is 0 Å². The Morgan fingerprint density at radius 2 is 1.71 bits per heavy atom. The minimum absolute atomic E-state index is 0.596. The molecule has 21 heavy (non-hydrogen) atoms. The Kier molecular flexibility index (Phi) is 4.73. The molecule has 0 aliphatic carbocycles. The van der Waals surface area contributed by atoms with Crippen molar-refractivity contribution >= 4 is 17.3 Å². The number of hydrogen-bond acceptors (Lipinski definition) is 3. The maximum absolute atomic E-state index is 5.90. The zero-order valence-electron chi connectivity index (χ0n) is 12.0. The number of anilines is 1. The first kappa shape index (κ1) is 14.4. The number of nitrogens with one attached hydrogen (secondary N) is 1. The Balaban J connectivity index is 1.47. The molecule has 1 saturated heterocycles. The monoisotopic (exact) mass is 301 g/mol. The van der Waals surface area contributed by atoms with E-state index < -0.39 is 0 Å². The Morgan fingerprint density at radius 3 is 2.38 bits per heavy atom. The van der Waals surface area contributed by atoms with Crippen LogP contribution in [0.1, 0.15) is 18.4 Å². The summed E-state index contributed by atoms with van der Waals surface area (Å²) < 4.78 is 0. The highest BCUT2D eigenvalue weighted by Gasteiger charge is 2.18. The van der Waals surface area contributed by atoms with Gasteiger partial charge in [0.05, 0.1) is 0 Å². The summed E-state index contributed by atoms with van der Waals surface area (Å²) in [5, 5.41) is 4.44. The lowest BCUT2D eigenvalue weighted by Gasteiger charge is -2.34. The van der Waals surface area contributed by atoms with E-state index in [0.717, 1.165) is 24.7 Å². The van der Waals surface area contributed by atoms with Gasteiger partial charge >= 0.3 is 0 Å². The van der Waals surface area contributed by atoms with Crippen molar-refractivity contribution in [3.05, 3.63) is 59.4 Å². The molecule has 2 heterocycles. The minimum atomic E-state index is 0.596. The molecule has 1 fully saturated rings. The molecule has 2 aromatic rings. The SMILES string of the molecule is Clc1ccc(CNC2CCN(c3ccncc3)CC2)cc1. The number of piperidine rings is 1. The third kappa shape index (κ3) is 3.96. The minimum Gasteiger partial charge on any atom is -0.371 e. The van der Waals surface area contributed by atoms with Crippen LogP contribution in [0.25, 0.3) is 0 Å². The van der Waals surface area contributed by atoms with E-state index in [0.29, 0.717) is 6.04 Å². The zero-order valence-corrected chi connectivity index (χ0v) is 12.8. The number of hydrogen-bond donors (Lipinski definition) is 1. The van der Waals surface area contributed by atoms with E-state index in [-0.39, 0.29) is 0 Å². The van der Waals surface area contributed by atoms with Crippen molar-refractivity contribution in [3.63, 3.8) is 0 Å². The van der Waals surface area contributed by atoms with E-state index in [1.807, 2.05) is 24.5 Å². The average Bonchev–Trinajstić information content (AvgIpc) is 2.56. The van der Waals surface area contributed by atoms with Gasteiger partial charge in [0.25, 0.3) is 0 Å². The molecule has 0 amide bonds. The van der Waals surface area contributed by atoms with Crippen LogP contribution in [0.3, 0.4) is 0 Å². The summed E-state index contributed by atoms with van der Waals surface area (Å²) in [7, 11) is 0. The first-order valence-corrected chi connectivity index (χ1v) is 7.82. The summed E-state index contributed by atoms with van der Waals surface area (Å²) in [6.07, 6.45) is 6.08. The fourth-order valence-corrected chi connectivity index (χ4v) is 2.89. The van der Waals surface area contributed by atoms with Crippen LogP contribution in [0.5, 0.6) is 0 Å². The predicted molar refractivity (Wildman–Crippen MR) is 87.8 cm³/mol. The van der Waals surface area contributed by atoms with E-state index in [4.69, 9.17) is 11.6 Å². The van der Waals surface area contributed by atoms with Crippen molar-refractivity contribution in [1.29, 1.82) is 0 Å². The second kappa shape index (κ2) is 6.92. The summed E-state index contributed by atoms with van der Waals surface area (Å²) >= 11 is 5.90. The van der Waals surface area contributed by atoms with Crippen molar-refractivity contribution in [3.8, 4) is 0 Å². The summed E-state index contributed by atoms with van der Waals surface area (Å²) in [6.45, 7) is 3.11. The number of aromatic nitrogens is 1. The fraction of sp³-hybridized carbons (Fsp3) is 0.353. The summed E-state index contributed by atoms with van der Waals surface area (Å²) in [4.78, 5) is 6.51. The second-order valence-electron chi connectivity index (χ2n) is 5.47. The molecule has 1 aromatic carbocycles. The third-order valence-electron chi connectivity index (χ3n) is 4.03. The molecule has 0 bridgehead atoms. The molecule has 0 unspecified atom stereocenters. The van der Waals surface area contributed by atoms with E-state index in [2.05, 4.69) is 39.5 Å². The quantitative estimate of drug-likeness (QED) is 0.937. The highest BCUT2D eigenvalue weighted by molar-refractivity contribution is 6.30. The van der Waals surface area contributed by atoms with Crippen LogP contribution in [-0.2, 0) is 6.54 Å². The van der Waals surface area contributed by atoms with Gasteiger partial charge in [0.1, 0.15) is 0 Å². The van der Waals surface area contributed by atoms with Gasteiger partial charge in [-0.05, 0) is 42.7 Å². The zero-order chi connectivity index (χ0) is 14.5. The number of rotatable bonds is 4. The van der Waals surface area contributed by atoms with Crippen molar-refractivity contribution < 1.29 is 0 Å². The molecular weight excluding hydrogens is 282 g/mol. The van der Waals surface area contributed by atoms with Gasteiger partial charge in [0, 0.05) is 48.8 Å². The molecule has 0 spiro atoms. The van der Waals surface area contributed by atoms with Gasteiger partial charge in [-0.3, -0.25) is 4.98 Å². The number of nitrogens with zero attached hydrogens (tertiary/aromatic N) is 2. The molecule has 3 rings (SSSR count). The highest BCUT2D eigenvalue weighted by Crippen LogP contribution is 2.19. The van der Waals surface area contributed by atoms with Crippen LogP contribution >= 0.6 is 11.6 Å². The summed E-state index contributed by atoms with van der Waals surface area (Å²) in [5.74, 6) is 0. The molecule has 110 valence electrons. The molecule has 1 aliphatic rings. The van der Waals surface area contributed by atoms with Gasteiger partial charge in [0.15, 0.2) is 0 Å². The molecule has 1 aromatic heterocycles. The van der Waals surface area contributed by atoms with E-state index >= 15 is 0 Å². The molecule has 3 nitrogen and oxygen atoms in total. The van der Waals surface area contributed by atoms with Crippen LogP contribution < -0.4 is 10.2 Å². The van der Waals surface area contributed by atoms with Gasteiger partial charge < -0.3 is 10.2 Å². The summed E-state index contributed by atoms with van der Waals surface area (Å²) in [6, 6.07) is 12.8. The molecule has 1 N–H and O–H groups in total. The van der Waals surface area contributed by atoms with Crippen LogP contribution in [0.2, 0.25) is 5.02 Å². The third-order valence-corrected chi connectivity index (χ3v) is 4.28. The van der Waals surface area contributed by atoms with Crippen molar-refractivity contribution in [2.45, 2.75) is 25.4 Å². The maximum atomic E-state index is 5.90. The fourth-order valence-electron chi connectivity index (χ4n) is 2.76. The molecule has 0 radical (unpaired) electrons. The topological polar surface area (TPSA) is 28.2 Å². The molecule has 0 atom stereocenters. The maximum Gasteiger partial charge on any atom is 0.0406 e. The first-order chi connectivity index (χ1) is 10.3. The standard InChI is InChI=1S/C17H20ClN3/c18-15-3-1-14(2-4-15)13-20-16-7-11-21(12-8-16)17-5-9-19-10-6-17/h1-6,9-10,16,20H,7-8,11-13H2. The van der Waals surface area contributed by atoms with Crippen molar-refractivity contribution in [2.75, 3.05) is 18.0 Å². The predicted octanol–water partition coefficient (Wildman–Crippen LogP) is 3.49. The average molecular weight is 302 g/mol. The van der Waals surface area contributed by atoms with Crippen LogP contribution in [0, 0.1) is 0 Å². The van der Waals surface area contributed by atoms with Gasteiger partial charge in [0.2, 0.25) is 0 Å². The van der Waals surface area contributed by atoms with Crippen molar-refractivity contribution in [2.24, 2.45) is 0 Å². The van der Waals surface area contributed by atoms with Crippen LogP contribution in [0.4, 0.5) is 5.69 Å². The summed E-state index contributed by atoms with van der Waals surface area (Å²) in [5.41, 5.74) is 2.57. The van der Waals surface area contributed by atoms with E-state index in [1.54, 1.807) is 0 Å². The molecule has 4 heteroatoms. The second-order valence-corrected chi connectivity index (χ2v) is 5.91. The lowest BCUT2D eigenvalue weighted by atomic mass is 10.0. The van der Waals surface area contributed by atoms with Gasteiger partial charge in [-0.15, -0.1) is 0 Å². The molecule has 1 aliphatic heterocycles. The Hall–Kier alpha value is -1.58. The number of pyridine rings is 1. The molecular formula is C17H20ClN3. The molecule has 0 saturated carbocycles. The lowest BCUT2D eigenvalue weighted by molar-refractivity contribution is 0.414. The van der Waals surface area contributed by atoms with Gasteiger partial charge in [-0.25, -0.2) is 0 Å². The lowest BCUT2D eigenvalue weighted by Crippen LogP contribution is -2.42. The number of halogens is 1. The van der Waals surface area contributed by atoms with Crippen LogP contribution in [-0.4, -0.2) is 24.1 Å². The van der Waals surface area contributed by atoms with E-state index in [1.165, 1.54) is 24.1 Å². The van der Waals surface area contributed by atoms with Gasteiger partial charge in [-0.1, -0.05) is 23.7 Å². The van der Waals surface area contributed by atoms with Crippen molar-refractivity contribution in [1.82, 2.24) is 10.3 Å². The Morgan fingerprint density at radius 1 is 1.05 bits per heavy atom. The highest BCUT2D eigenvalue weighted by atomic mass is 35.5. The first-order valence-electron chi connectivity index (χ1n) is 7.44. The smallest absolute Gasteiger partial charge is 0.0406 e.